The van der Waals surface area contributed by atoms with Gasteiger partial charge in [-0.05, 0) is 29.9 Å². The van der Waals surface area contributed by atoms with Crippen LogP contribution in [0.15, 0.2) is 18.3 Å². The number of thiophene rings is 1. The van der Waals surface area contributed by atoms with Crippen LogP contribution in [-0.4, -0.2) is 15.5 Å². The van der Waals surface area contributed by atoms with Gasteiger partial charge in [-0.1, -0.05) is 0 Å². The molecule has 2 N–H and O–H groups in total. The van der Waals surface area contributed by atoms with Crippen molar-refractivity contribution >= 4 is 23.1 Å². The molecular weight excluding hydrogens is 262 g/mol. The molecule has 0 fully saturated rings. The molecular formula is C13H17N3S2. The Morgan fingerprint density at radius 2 is 2.44 bits per heavy atom. The Labute approximate surface area is 115 Å². The van der Waals surface area contributed by atoms with E-state index in [9.17, 15) is 0 Å². The van der Waals surface area contributed by atoms with Crippen LogP contribution < -0.4 is 5.73 Å². The molecule has 0 saturated carbocycles. The van der Waals surface area contributed by atoms with E-state index in [1.165, 1.54) is 22.6 Å². The van der Waals surface area contributed by atoms with E-state index < -0.39 is 0 Å². The molecule has 1 atom stereocenters. The first-order valence-electron chi connectivity index (χ1n) is 6.15. The number of thioether (sulfide) groups is 1. The number of nitrogens with two attached hydrogens (primary N) is 1. The molecule has 96 valence electrons. The maximum atomic E-state index is 6.30. The minimum atomic E-state index is 0.0838. The van der Waals surface area contributed by atoms with E-state index in [0.717, 1.165) is 17.9 Å². The summed E-state index contributed by atoms with van der Waals surface area (Å²) in [4.78, 5) is 2.85. The second-order valence-electron chi connectivity index (χ2n) is 4.69. The first-order chi connectivity index (χ1) is 8.72. The van der Waals surface area contributed by atoms with Gasteiger partial charge in [0.15, 0.2) is 0 Å². The molecule has 0 spiro atoms. The lowest BCUT2D eigenvalue weighted by molar-refractivity contribution is 0.683. The fraction of sp³-hybridized carbons (Fsp3) is 0.462. The summed E-state index contributed by atoms with van der Waals surface area (Å²) in [5, 5.41) is 4.40. The van der Waals surface area contributed by atoms with E-state index in [-0.39, 0.29) is 6.04 Å². The van der Waals surface area contributed by atoms with E-state index in [1.807, 2.05) is 47.1 Å². The lowest BCUT2D eigenvalue weighted by Gasteiger charge is -2.08. The monoisotopic (exact) mass is 279 g/mol. The topological polar surface area (TPSA) is 43.8 Å². The standard InChI is InChI=1S/C13H17N3S2/c1-16-4-2-10(15-16)7-11(14)13-6-9-8-17-5-3-12(9)18-13/h2,4,6,11H,3,5,7-8,14H2,1H3. The fourth-order valence-electron chi connectivity index (χ4n) is 2.25. The van der Waals surface area contributed by atoms with Crippen molar-refractivity contribution < 1.29 is 0 Å². The molecule has 0 aliphatic carbocycles. The van der Waals surface area contributed by atoms with Crippen LogP contribution in [0, 0.1) is 0 Å². The minimum Gasteiger partial charge on any atom is -0.323 e. The first-order valence-corrected chi connectivity index (χ1v) is 8.13. The highest BCUT2D eigenvalue weighted by Crippen LogP contribution is 2.34. The quantitative estimate of drug-likeness (QED) is 0.939. The molecule has 0 amide bonds. The molecule has 0 saturated heterocycles. The summed E-state index contributed by atoms with van der Waals surface area (Å²) >= 11 is 3.92. The Bertz CT molecular complexity index is 521. The molecule has 3 nitrogen and oxygen atoms in total. The smallest absolute Gasteiger partial charge is 0.0643 e. The van der Waals surface area contributed by atoms with Crippen LogP contribution in [0.3, 0.4) is 0 Å². The van der Waals surface area contributed by atoms with Crippen molar-refractivity contribution in [2.45, 2.75) is 24.6 Å². The van der Waals surface area contributed by atoms with Crippen molar-refractivity contribution in [3.63, 3.8) is 0 Å². The van der Waals surface area contributed by atoms with Crippen LogP contribution in [-0.2, 0) is 25.6 Å². The Morgan fingerprint density at radius 3 is 3.17 bits per heavy atom. The van der Waals surface area contributed by atoms with Crippen molar-refractivity contribution in [3.05, 3.63) is 39.3 Å². The molecule has 0 aromatic carbocycles. The molecule has 18 heavy (non-hydrogen) atoms. The summed E-state index contributed by atoms with van der Waals surface area (Å²) in [6.45, 7) is 0. The predicted molar refractivity (Wildman–Crippen MR) is 78.0 cm³/mol. The minimum absolute atomic E-state index is 0.0838. The highest BCUT2D eigenvalue weighted by molar-refractivity contribution is 7.98. The van der Waals surface area contributed by atoms with Gasteiger partial charge in [0, 0.05) is 41.2 Å². The number of aromatic nitrogens is 2. The molecule has 3 heterocycles. The summed E-state index contributed by atoms with van der Waals surface area (Å²) in [7, 11) is 1.94. The van der Waals surface area contributed by atoms with Crippen LogP contribution in [0.4, 0.5) is 0 Å². The number of hydrogen-bond donors (Lipinski definition) is 1. The van der Waals surface area contributed by atoms with Gasteiger partial charge in [-0.3, -0.25) is 4.68 Å². The Hall–Kier alpha value is -0.780. The Morgan fingerprint density at radius 1 is 1.56 bits per heavy atom. The van der Waals surface area contributed by atoms with Crippen LogP contribution in [0.5, 0.6) is 0 Å². The zero-order valence-corrected chi connectivity index (χ0v) is 12.1. The third-order valence-electron chi connectivity index (χ3n) is 3.21. The second-order valence-corrected chi connectivity index (χ2v) is 6.96. The number of rotatable bonds is 3. The molecule has 0 bridgehead atoms. The first kappa shape index (κ1) is 12.3. The van der Waals surface area contributed by atoms with Gasteiger partial charge in [0.1, 0.15) is 0 Å². The summed E-state index contributed by atoms with van der Waals surface area (Å²) in [6.07, 6.45) is 4.01. The van der Waals surface area contributed by atoms with Gasteiger partial charge in [-0.15, -0.1) is 11.3 Å². The van der Waals surface area contributed by atoms with Crippen molar-refractivity contribution in [2.24, 2.45) is 12.8 Å². The molecule has 1 aliphatic rings. The molecule has 1 aliphatic heterocycles. The van der Waals surface area contributed by atoms with Crippen LogP contribution in [0.25, 0.3) is 0 Å². The van der Waals surface area contributed by atoms with Crippen molar-refractivity contribution in [1.29, 1.82) is 0 Å². The lowest BCUT2D eigenvalue weighted by atomic mass is 10.1. The number of hydrogen-bond acceptors (Lipinski definition) is 4. The van der Waals surface area contributed by atoms with E-state index in [2.05, 4.69) is 11.2 Å². The van der Waals surface area contributed by atoms with Gasteiger partial charge < -0.3 is 5.73 Å². The maximum Gasteiger partial charge on any atom is 0.0643 e. The van der Waals surface area contributed by atoms with Gasteiger partial charge >= 0.3 is 0 Å². The number of aryl methyl sites for hydroxylation is 2. The number of nitrogens with zero attached hydrogens (tertiary/aromatic N) is 2. The van der Waals surface area contributed by atoms with Gasteiger partial charge in [0.2, 0.25) is 0 Å². The average molecular weight is 279 g/mol. The van der Waals surface area contributed by atoms with Gasteiger partial charge in [0.05, 0.1) is 5.69 Å². The van der Waals surface area contributed by atoms with Gasteiger partial charge in [-0.25, -0.2) is 0 Å². The SMILES string of the molecule is Cn1ccc(CC(N)c2cc3c(s2)CCSC3)n1. The zero-order chi connectivity index (χ0) is 12.5. The van der Waals surface area contributed by atoms with E-state index in [1.54, 1.807) is 4.88 Å². The predicted octanol–water partition coefficient (Wildman–Crippen LogP) is 2.51. The Balaban J connectivity index is 1.75. The van der Waals surface area contributed by atoms with E-state index in [0.29, 0.717) is 0 Å². The van der Waals surface area contributed by atoms with E-state index >= 15 is 0 Å². The summed E-state index contributed by atoms with van der Waals surface area (Å²) < 4.78 is 1.83. The third kappa shape index (κ3) is 2.48. The molecule has 3 rings (SSSR count). The Kier molecular flexibility index (Phi) is 3.46. The normalized spacial score (nSPS) is 16.6. The fourth-order valence-corrected chi connectivity index (χ4v) is 4.63. The molecule has 5 heteroatoms. The van der Waals surface area contributed by atoms with Crippen molar-refractivity contribution in [2.75, 3.05) is 5.75 Å². The van der Waals surface area contributed by atoms with Crippen molar-refractivity contribution in [3.8, 4) is 0 Å². The molecule has 2 aromatic rings. The van der Waals surface area contributed by atoms with Gasteiger partial charge in [-0.2, -0.15) is 16.9 Å². The molecule has 2 aromatic heterocycles. The molecule has 0 radical (unpaired) electrons. The summed E-state index contributed by atoms with van der Waals surface area (Å²) in [6, 6.07) is 4.43. The van der Waals surface area contributed by atoms with Crippen LogP contribution in [0.1, 0.15) is 27.1 Å². The third-order valence-corrected chi connectivity index (χ3v) is 5.59. The summed E-state index contributed by atoms with van der Waals surface area (Å²) in [5.74, 6) is 2.41. The van der Waals surface area contributed by atoms with Crippen LogP contribution in [0.2, 0.25) is 0 Å². The largest absolute Gasteiger partial charge is 0.323 e. The maximum absolute atomic E-state index is 6.30. The van der Waals surface area contributed by atoms with Crippen molar-refractivity contribution in [1.82, 2.24) is 9.78 Å². The zero-order valence-electron chi connectivity index (χ0n) is 10.4. The second kappa shape index (κ2) is 5.07. The highest BCUT2D eigenvalue weighted by atomic mass is 32.2. The average Bonchev–Trinajstić information content (AvgIpc) is 2.95. The van der Waals surface area contributed by atoms with Crippen LogP contribution >= 0.6 is 23.1 Å². The molecule has 1 unspecified atom stereocenters. The number of fused-ring (bicyclic) bond motifs is 1. The highest BCUT2D eigenvalue weighted by Gasteiger charge is 2.17. The van der Waals surface area contributed by atoms with Gasteiger partial charge in [0.25, 0.3) is 0 Å². The summed E-state index contributed by atoms with van der Waals surface area (Å²) in [5.41, 5.74) is 8.88. The lowest BCUT2D eigenvalue weighted by Crippen LogP contribution is -2.12. The van der Waals surface area contributed by atoms with E-state index in [4.69, 9.17) is 5.73 Å².